The van der Waals surface area contributed by atoms with Crippen molar-refractivity contribution in [2.45, 2.75) is 52.2 Å². The molecule has 0 saturated carbocycles. The molecule has 1 fully saturated rings. The third-order valence-electron chi connectivity index (χ3n) is 6.87. The molecular weight excluding hydrogens is 522 g/mol. The molecule has 2 aliphatic rings. The Balaban J connectivity index is 0.00000420. The quantitative estimate of drug-likeness (QED) is 0.274. The molecule has 0 spiro atoms. The Bertz CT molecular complexity index is 1280. The second kappa shape index (κ2) is 13.4. The summed E-state index contributed by atoms with van der Waals surface area (Å²) in [4.78, 5) is 40.1. The molecule has 2 atom stereocenters. The smallest absolute Gasteiger partial charge is 0.337 e. The lowest BCUT2D eigenvalue weighted by Gasteiger charge is -2.34. The van der Waals surface area contributed by atoms with Gasteiger partial charge in [0, 0.05) is 36.6 Å². The zero-order valence-electron chi connectivity index (χ0n) is 22.3. The van der Waals surface area contributed by atoms with Crippen molar-refractivity contribution in [2.24, 2.45) is 0 Å². The first-order chi connectivity index (χ1) is 18.3. The van der Waals surface area contributed by atoms with Gasteiger partial charge in [-0.1, -0.05) is 42.5 Å². The van der Waals surface area contributed by atoms with Crippen LogP contribution in [0.15, 0.2) is 77.1 Å². The van der Waals surface area contributed by atoms with Crippen LogP contribution in [0.25, 0.3) is 0 Å². The first kappa shape index (κ1) is 29.9. The molecule has 10 heteroatoms. The molecule has 0 amide bonds. The summed E-state index contributed by atoms with van der Waals surface area (Å²) in [6, 6.07) is 16.1. The maximum atomic E-state index is 13.7. The fraction of sp³-hybridized carbons (Fsp3) is 0.379. The van der Waals surface area contributed by atoms with Gasteiger partial charge < -0.3 is 14.8 Å². The SMILES string of the molecule is CCOC(=O)C1=C(C)NC(C)=C(C(=O)OC2CCCN(Cc3ccccc3)C2)C1c1cccc([N+](=O)[O-])c1.Cl. The van der Waals surface area contributed by atoms with Gasteiger partial charge in [0.05, 0.1) is 28.6 Å². The number of hydrogen-bond donors (Lipinski definition) is 1. The molecule has 2 unspecified atom stereocenters. The van der Waals surface area contributed by atoms with Crippen LogP contribution in [-0.2, 0) is 25.6 Å². The van der Waals surface area contributed by atoms with Crippen molar-refractivity contribution in [3.05, 3.63) is 98.4 Å². The second-order valence-corrected chi connectivity index (χ2v) is 9.60. The van der Waals surface area contributed by atoms with E-state index in [0.717, 1.165) is 25.9 Å². The number of benzene rings is 2. The average Bonchev–Trinajstić information content (AvgIpc) is 2.89. The number of hydrogen-bond acceptors (Lipinski definition) is 8. The van der Waals surface area contributed by atoms with Gasteiger partial charge in [0.25, 0.3) is 5.69 Å². The van der Waals surface area contributed by atoms with Gasteiger partial charge in [0.2, 0.25) is 0 Å². The van der Waals surface area contributed by atoms with Gasteiger partial charge in [0.15, 0.2) is 0 Å². The standard InChI is InChI=1S/C29H33N3O6.ClH/c1-4-37-28(33)25-19(2)30-20(3)26(27(25)22-12-8-13-23(16-22)32(35)36)29(34)38-24-14-9-15-31(18-24)17-21-10-6-5-7-11-21;/h5-8,10-13,16,24,27,30H,4,9,14-15,17-18H2,1-3H3;1H. The number of allylic oxidation sites excluding steroid dienone is 2. The Morgan fingerprint density at radius 3 is 2.41 bits per heavy atom. The molecule has 1 N–H and O–H groups in total. The highest BCUT2D eigenvalue weighted by atomic mass is 35.5. The number of nitrogens with one attached hydrogen (secondary N) is 1. The number of piperidine rings is 1. The van der Waals surface area contributed by atoms with Crippen LogP contribution < -0.4 is 5.32 Å². The fourth-order valence-electron chi connectivity index (χ4n) is 5.20. The summed E-state index contributed by atoms with van der Waals surface area (Å²) in [5, 5.41) is 14.6. The molecule has 2 aliphatic heterocycles. The van der Waals surface area contributed by atoms with Crippen LogP contribution in [0.3, 0.4) is 0 Å². The number of dihydropyridines is 1. The first-order valence-corrected chi connectivity index (χ1v) is 12.9. The van der Waals surface area contributed by atoms with Crippen LogP contribution in [-0.4, -0.2) is 47.6 Å². The normalized spacial score (nSPS) is 19.6. The minimum absolute atomic E-state index is 0. The molecule has 9 nitrogen and oxygen atoms in total. The molecule has 0 aliphatic carbocycles. The van der Waals surface area contributed by atoms with Gasteiger partial charge in [-0.25, -0.2) is 9.59 Å². The molecule has 4 rings (SSSR count). The van der Waals surface area contributed by atoms with Gasteiger partial charge in [-0.05, 0) is 51.3 Å². The highest BCUT2D eigenvalue weighted by Gasteiger charge is 2.39. The molecule has 2 heterocycles. The summed E-state index contributed by atoms with van der Waals surface area (Å²) in [5.41, 5.74) is 3.06. The highest BCUT2D eigenvalue weighted by Crippen LogP contribution is 2.40. The predicted molar refractivity (Wildman–Crippen MR) is 149 cm³/mol. The van der Waals surface area contributed by atoms with Gasteiger partial charge in [-0.2, -0.15) is 0 Å². The maximum absolute atomic E-state index is 13.7. The van der Waals surface area contributed by atoms with Gasteiger partial charge in [-0.3, -0.25) is 15.0 Å². The highest BCUT2D eigenvalue weighted by molar-refractivity contribution is 6.00. The van der Waals surface area contributed by atoms with Crippen molar-refractivity contribution < 1.29 is 24.0 Å². The molecule has 208 valence electrons. The first-order valence-electron chi connectivity index (χ1n) is 12.9. The zero-order valence-corrected chi connectivity index (χ0v) is 23.2. The number of non-ortho nitro benzene ring substituents is 1. The van der Waals surface area contributed by atoms with E-state index >= 15 is 0 Å². The lowest BCUT2D eigenvalue weighted by atomic mass is 9.80. The maximum Gasteiger partial charge on any atom is 0.337 e. The van der Waals surface area contributed by atoms with Gasteiger partial charge >= 0.3 is 11.9 Å². The average molecular weight is 556 g/mol. The lowest BCUT2D eigenvalue weighted by Crippen LogP contribution is -2.41. The minimum atomic E-state index is -0.869. The number of carbonyl (C=O) groups is 2. The van der Waals surface area contributed by atoms with Crippen molar-refractivity contribution in [1.29, 1.82) is 0 Å². The van der Waals surface area contributed by atoms with E-state index < -0.39 is 22.8 Å². The van der Waals surface area contributed by atoms with E-state index in [0.29, 0.717) is 23.5 Å². The third-order valence-corrected chi connectivity index (χ3v) is 6.87. The molecule has 39 heavy (non-hydrogen) atoms. The van der Waals surface area contributed by atoms with Crippen LogP contribution in [0.2, 0.25) is 0 Å². The summed E-state index contributed by atoms with van der Waals surface area (Å²) in [6.45, 7) is 7.61. The summed E-state index contributed by atoms with van der Waals surface area (Å²) >= 11 is 0. The largest absolute Gasteiger partial charge is 0.463 e. The number of esters is 2. The zero-order chi connectivity index (χ0) is 27.2. The van der Waals surface area contributed by atoms with Crippen molar-refractivity contribution >= 4 is 30.0 Å². The molecule has 0 aromatic heterocycles. The summed E-state index contributed by atoms with van der Waals surface area (Å²) < 4.78 is 11.3. The number of nitro groups is 1. The molecule has 0 bridgehead atoms. The topological polar surface area (TPSA) is 111 Å². The van der Waals surface area contributed by atoms with Gasteiger partial charge in [-0.15, -0.1) is 12.4 Å². The van der Waals surface area contributed by atoms with Crippen LogP contribution in [0.1, 0.15) is 50.7 Å². The summed E-state index contributed by atoms with van der Waals surface area (Å²) in [6.07, 6.45) is 1.31. The van der Waals surface area contributed by atoms with Crippen molar-refractivity contribution in [1.82, 2.24) is 10.2 Å². The van der Waals surface area contributed by atoms with E-state index in [1.54, 1.807) is 32.9 Å². The number of likely N-dealkylation sites (tertiary alicyclic amines) is 1. The van der Waals surface area contributed by atoms with Crippen molar-refractivity contribution in [3.8, 4) is 0 Å². The number of halogens is 1. The molecule has 1 saturated heterocycles. The summed E-state index contributed by atoms with van der Waals surface area (Å²) in [7, 11) is 0. The second-order valence-electron chi connectivity index (χ2n) is 9.60. The molecular formula is C29H34ClN3O6. The Hall–Kier alpha value is -3.69. The Kier molecular flexibility index (Phi) is 10.3. The molecule has 2 aromatic rings. The number of nitro benzene ring substituents is 1. The molecule has 2 aromatic carbocycles. The van der Waals surface area contributed by atoms with E-state index in [2.05, 4.69) is 22.3 Å². The van der Waals surface area contributed by atoms with Crippen LogP contribution >= 0.6 is 12.4 Å². The Labute approximate surface area is 234 Å². The lowest BCUT2D eigenvalue weighted by molar-refractivity contribution is -0.384. The third kappa shape index (κ3) is 7.04. The predicted octanol–water partition coefficient (Wildman–Crippen LogP) is 5.02. The minimum Gasteiger partial charge on any atom is -0.463 e. The number of carbonyl (C=O) groups excluding carboxylic acids is 2. The molecule has 0 radical (unpaired) electrons. The van der Waals surface area contributed by atoms with E-state index in [4.69, 9.17) is 9.47 Å². The van der Waals surface area contributed by atoms with Crippen LogP contribution in [0.5, 0.6) is 0 Å². The van der Waals surface area contributed by atoms with E-state index in [9.17, 15) is 19.7 Å². The van der Waals surface area contributed by atoms with E-state index in [1.165, 1.54) is 17.7 Å². The van der Waals surface area contributed by atoms with Gasteiger partial charge in [0.1, 0.15) is 6.10 Å². The van der Waals surface area contributed by atoms with Crippen molar-refractivity contribution in [2.75, 3.05) is 19.7 Å². The van der Waals surface area contributed by atoms with E-state index in [1.807, 2.05) is 18.2 Å². The van der Waals surface area contributed by atoms with E-state index in [-0.39, 0.29) is 42.0 Å². The number of nitrogens with zero attached hydrogens (tertiary/aromatic N) is 2. The Morgan fingerprint density at radius 1 is 1.05 bits per heavy atom. The fourth-order valence-corrected chi connectivity index (χ4v) is 5.20. The Morgan fingerprint density at radius 2 is 1.74 bits per heavy atom. The van der Waals surface area contributed by atoms with Crippen LogP contribution in [0, 0.1) is 10.1 Å². The van der Waals surface area contributed by atoms with Crippen LogP contribution in [0.4, 0.5) is 5.69 Å². The monoisotopic (exact) mass is 555 g/mol. The number of rotatable bonds is 8. The van der Waals surface area contributed by atoms with Crippen molar-refractivity contribution in [3.63, 3.8) is 0 Å². The summed E-state index contributed by atoms with van der Waals surface area (Å²) in [5.74, 6) is -2.00. The number of ether oxygens (including phenoxy) is 2.